The average Bonchev–Trinajstić information content (AvgIpc) is 3.41. The number of hydrogen-bond donors (Lipinski definition) is 1. The molecular weight excluding hydrogens is 396 g/mol. The van der Waals surface area contributed by atoms with Crippen LogP contribution in [0.25, 0.3) is 22.4 Å². The third kappa shape index (κ3) is 5.06. The molecule has 0 unspecified atom stereocenters. The van der Waals surface area contributed by atoms with Crippen LogP contribution < -0.4 is 9.47 Å². The predicted octanol–water partition coefficient (Wildman–Crippen LogP) is 4.79. The van der Waals surface area contributed by atoms with Crippen LogP contribution >= 0.6 is 0 Å². The first-order valence-electron chi connectivity index (χ1n) is 10.2. The largest absolute Gasteiger partial charge is 0.493 e. The highest BCUT2D eigenvalue weighted by molar-refractivity contribution is 5.83. The van der Waals surface area contributed by atoms with Gasteiger partial charge < -0.3 is 23.6 Å². The third-order valence-electron chi connectivity index (χ3n) is 4.89. The van der Waals surface area contributed by atoms with E-state index in [9.17, 15) is 4.79 Å². The molecule has 0 amide bonds. The van der Waals surface area contributed by atoms with Gasteiger partial charge in [-0.3, -0.25) is 4.79 Å². The summed E-state index contributed by atoms with van der Waals surface area (Å²) in [5.41, 5.74) is 2.73. The summed E-state index contributed by atoms with van der Waals surface area (Å²) in [6.07, 6.45) is 5.03. The van der Waals surface area contributed by atoms with Gasteiger partial charge in [0.2, 0.25) is 5.89 Å². The van der Waals surface area contributed by atoms with Crippen LogP contribution in [-0.2, 0) is 17.8 Å². The second-order valence-corrected chi connectivity index (χ2v) is 7.13. The van der Waals surface area contributed by atoms with Crippen molar-refractivity contribution in [3.63, 3.8) is 0 Å². The van der Waals surface area contributed by atoms with Gasteiger partial charge in [0.05, 0.1) is 18.9 Å². The Morgan fingerprint density at radius 3 is 2.52 bits per heavy atom. The van der Waals surface area contributed by atoms with E-state index in [0.29, 0.717) is 19.1 Å². The summed E-state index contributed by atoms with van der Waals surface area (Å²) >= 11 is 0. The van der Waals surface area contributed by atoms with Crippen molar-refractivity contribution in [2.45, 2.75) is 26.3 Å². The van der Waals surface area contributed by atoms with E-state index in [0.717, 1.165) is 46.5 Å². The van der Waals surface area contributed by atoms with Crippen molar-refractivity contribution in [3.05, 3.63) is 66.7 Å². The minimum atomic E-state index is -0.865. The molecule has 0 saturated heterocycles. The minimum absolute atomic E-state index is 0.0557. The topological polar surface area (TPSA) is 86.7 Å². The molecule has 0 aliphatic carbocycles. The molecule has 7 nitrogen and oxygen atoms in total. The summed E-state index contributed by atoms with van der Waals surface area (Å²) in [6, 6.07) is 15.2. The average molecular weight is 420 g/mol. The third-order valence-corrected chi connectivity index (χ3v) is 4.89. The van der Waals surface area contributed by atoms with Crippen LogP contribution in [-0.4, -0.2) is 33.8 Å². The summed E-state index contributed by atoms with van der Waals surface area (Å²) in [6.45, 7) is 3.05. The zero-order valence-electron chi connectivity index (χ0n) is 17.3. The molecule has 2 aromatic carbocycles. The lowest BCUT2D eigenvalue weighted by Crippen LogP contribution is -2.07. The van der Waals surface area contributed by atoms with Gasteiger partial charge in [0.1, 0.15) is 24.3 Å². The zero-order valence-corrected chi connectivity index (χ0v) is 17.3. The Hall–Kier alpha value is -3.74. The molecule has 0 saturated carbocycles. The Morgan fingerprint density at radius 2 is 1.81 bits per heavy atom. The number of oxazole rings is 1. The quantitative estimate of drug-likeness (QED) is 0.371. The summed E-state index contributed by atoms with van der Waals surface area (Å²) in [5, 5.41) is 9.91. The van der Waals surface area contributed by atoms with Gasteiger partial charge in [0, 0.05) is 29.1 Å². The van der Waals surface area contributed by atoms with Crippen molar-refractivity contribution in [2.75, 3.05) is 13.2 Å². The van der Waals surface area contributed by atoms with Crippen molar-refractivity contribution in [3.8, 4) is 23.0 Å². The van der Waals surface area contributed by atoms with E-state index in [-0.39, 0.29) is 6.54 Å². The van der Waals surface area contributed by atoms with Crippen LogP contribution in [0.1, 0.15) is 19.0 Å². The molecular formula is C24H24N2O5. The number of ether oxygens (including phenoxy) is 2. The summed E-state index contributed by atoms with van der Waals surface area (Å²) in [5.74, 6) is 1.29. The second kappa shape index (κ2) is 9.38. The lowest BCUT2D eigenvalue weighted by Gasteiger charge is -2.09. The van der Waals surface area contributed by atoms with Crippen molar-refractivity contribution >= 4 is 16.9 Å². The minimum Gasteiger partial charge on any atom is -0.493 e. The van der Waals surface area contributed by atoms with Crippen LogP contribution in [0.3, 0.4) is 0 Å². The molecule has 0 aliphatic heterocycles. The first kappa shape index (κ1) is 20.5. The molecule has 31 heavy (non-hydrogen) atoms. The summed E-state index contributed by atoms with van der Waals surface area (Å²) < 4.78 is 18.8. The van der Waals surface area contributed by atoms with E-state index in [4.69, 9.17) is 19.0 Å². The fourth-order valence-corrected chi connectivity index (χ4v) is 3.29. The summed E-state index contributed by atoms with van der Waals surface area (Å²) in [4.78, 5) is 15.3. The van der Waals surface area contributed by atoms with E-state index in [1.807, 2.05) is 55.5 Å². The zero-order chi connectivity index (χ0) is 21.6. The molecule has 2 heterocycles. The van der Waals surface area contributed by atoms with E-state index in [1.54, 1.807) is 17.0 Å². The Morgan fingerprint density at radius 1 is 1.06 bits per heavy atom. The van der Waals surface area contributed by atoms with Crippen LogP contribution in [0.4, 0.5) is 0 Å². The van der Waals surface area contributed by atoms with Gasteiger partial charge in [-0.1, -0.05) is 6.92 Å². The molecule has 4 rings (SSSR count). The Labute approximate surface area is 179 Å². The fraction of sp³-hybridized carbons (Fsp3) is 0.250. The van der Waals surface area contributed by atoms with Crippen molar-refractivity contribution in [2.24, 2.45) is 0 Å². The van der Waals surface area contributed by atoms with Gasteiger partial charge in [-0.05, 0) is 55.0 Å². The number of aliphatic carboxylic acids is 1. The van der Waals surface area contributed by atoms with Gasteiger partial charge >= 0.3 is 5.97 Å². The number of hydrogen-bond acceptors (Lipinski definition) is 5. The standard InChI is InChI=1S/C24H24N2O5/c1-2-19-16-31-24(25-19)17-4-6-20(7-5-17)29-12-3-13-30-21-8-9-22-18(14-21)10-11-26(22)15-23(27)28/h4-11,14,16H,2-3,12-13,15H2,1H3,(H,27,28). The predicted molar refractivity (Wildman–Crippen MR) is 116 cm³/mol. The van der Waals surface area contributed by atoms with Gasteiger partial charge in [0.15, 0.2) is 0 Å². The van der Waals surface area contributed by atoms with Crippen LogP contribution in [0.5, 0.6) is 11.5 Å². The first-order valence-corrected chi connectivity index (χ1v) is 10.2. The number of carboxylic acids is 1. The van der Waals surface area contributed by atoms with Crippen LogP contribution in [0.2, 0.25) is 0 Å². The van der Waals surface area contributed by atoms with Crippen molar-refractivity contribution < 1.29 is 23.8 Å². The van der Waals surface area contributed by atoms with Crippen LogP contribution in [0.15, 0.2) is 65.4 Å². The molecule has 0 aliphatic rings. The molecule has 0 radical (unpaired) electrons. The molecule has 0 atom stereocenters. The normalized spacial score (nSPS) is 11.0. The lowest BCUT2D eigenvalue weighted by atomic mass is 10.2. The van der Waals surface area contributed by atoms with E-state index >= 15 is 0 Å². The van der Waals surface area contributed by atoms with Gasteiger partial charge in [-0.15, -0.1) is 0 Å². The smallest absolute Gasteiger partial charge is 0.323 e. The molecule has 7 heteroatoms. The van der Waals surface area contributed by atoms with Crippen molar-refractivity contribution in [1.29, 1.82) is 0 Å². The highest BCUT2D eigenvalue weighted by atomic mass is 16.5. The first-order chi connectivity index (χ1) is 15.1. The fourth-order valence-electron chi connectivity index (χ4n) is 3.29. The number of aromatic nitrogens is 2. The monoisotopic (exact) mass is 420 g/mol. The number of aryl methyl sites for hydroxylation is 1. The maximum Gasteiger partial charge on any atom is 0.323 e. The second-order valence-electron chi connectivity index (χ2n) is 7.13. The van der Waals surface area contributed by atoms with Crippen molar-refractivity contribution in [1.82, 2.24) is 9.55 Å². The van der Waals surface area contributed by atoms with Gasteiger partial charge in [-0.25, -0.2) is 4.98 Å². The Kier molecular flexibility index (Phi) is 6.21. The molecule has 160 valence electrons. The van der Waals surface area contributed by atoms with E-state index in [2.05, 4.69) is 4.98 Å². The maximum absolute atomic E-state index is 10.9. The molecule has 1 N–H and O–H groups in total. The van der Waals surface area contributed by atoms with E-state index < -0.39 is 5.97 Å². The highest BCUT2D eigenvalue weighted by Crippen LogP contribution is 2.23. The van der Waals surface area contributed by atoms with E-state index in [1.165, 1.54) is 0 Å². The Balaban J connectivity index is 1.23. The number of carboxylic acid groups (broad SMARTS) is 1. The molecule has 4 aromatic rings. The molecule has 0 fully saturated rings. The molecule has 2 aromatic heterocycles. The number of rotatable bonds is 10. The molecule has 0 spiro atoms. The highest BCUT2D eigenvalue weighted by Gasteiger charge is 2.07. The number of fused-ring (bicyclic) bond motifs is 1. The van der Waals surface area contributed by atoms with Gasteiger partial charge in [-0.2, -0.15) is 0 Å². The van der Waals surface area contributed by atoms with Gasteiger partial charge in [0.25, 0.3) is 0 Å². The Bertz CT molecular complexity index is 1160. The maximum atomic E-state index is 10.9. The number of benzene rings is 2. The number of nitrogens with zero attached hydrogens (tertiary/aromatic N) is 2. The van der Waals surface area contributed by atoms with Crippen LogP contribution in [0, 0.1) is 0 Å². The SMILES string of the molecule is CCc1coc(-c2ccc(OCCCOc3ccc4c(ccn4CC(=O)O)c3)cc2)n1. The lowest BCUT2D eigenvalue weighted by molar-refractivity contribution is -0.137. The number of carbonyl (C=O) groups is 1. The summed E-state index contributed by atoms with van der Waals surface area (Å²) in [7, 11) is 0. The molecule has 0 bridgehead atoms.